The summed E-state index contributed by atoms with van der Waals surface area (Å²) in [5.41, 5.74) is -3.64. The third-order valence-electron chi connectivity index (χ3n) is 6.41. The van der Waals surface area contributed by atoms with E-state index in [1.807, 2.05) is 25.2 Å². The van der Waals surface area contributed by atoms with Crippen LogP contribution < -0.4 is 0 Å². The molecule has 2 atom stereocenters. The van der Waals surface area contributed by atoms with Gasteiger partial charge in [-0.3, -0.25) is 0 Å². The van der Waals surface area contributed by atoms with Gasteiger partial charge in [-0.05, 0) is 37.0 Å². The summed E-state index contributed by atoms with van der Waals surface area (Å²) in [6.07, 6.45) is 6.40. The Labute approximate surface area is 227 Å². The standard InChI is InChI=1S/C30H41F3O4Si/c1-8-9-10-11-12-17-22-26(23-18-14-19-24-36-38(6,7)28(2,3)4)37-27(34)29(35-5,30(31,32)33)25-20-15-13-16-21-25/h9-10,12-17,19-21,26H,8,11,22,24H2,1-7H3/b10-9-,17-12-,19-14+/t26-,29+/m0/s1. The van der Waals surface area contributed by atoms with Crippen LogP contribution in [0.5, 0.6) is 0 Å². The lowest BCUT2D eigenvalue weighted by Crippen LogP contribution is -2.52. The van der Waals surface area contributed by atoms with Gasteiger partial charge < -0.3 is 13.9 Å². The molecular formula is C30H41F3O4Si. The molecule has 1 rings (SSSR count). The van der Waals surface area contributed by atoms with Crippen molar-refractivity contribution in [2.45, 2.75) is 83.0 Å². The second kappa shape index (κ2) is 15.1. The molecule has 0 radical (unpaired) electrons. The maximum atomic E-state index is 14.3. The highest BCUT2D eigenvalue weighted by Crippen LogP contribution is 2.43. The second-order valence-corrected chi connectivity index (χ2v) is 15.0. The summed E-state index contributed by atoms with van der Waals surface area (Å²) in [6.45, 7) is 13.1. The molecule has 210 valence electrons. The Morgan fingerprint density at radius 3 is 2.21 bits per heavy atom. The van der Waals surface area contributed by atoms with Gasteiger partial charge in [0.1, 0.15) is 0 Å². The number of methoxy groups -OCH3 is 1. The summed E-state index contributed by atoms with van der Waals surface area (Å²) in [5.74, 6) is 3.98. The van der Waals surface area contributed by atoms with Crippen molar-refractivity contribution < 1.29 is 31.9 Å². The van der Waals surface area contributed by atoms with E-state index in [0.29, 0.717) is 13.0 Å². The maximum Gasteiger partial charge on any atom is 0.432 e. The van der Waals surface area contributed by atoms with Gasteiger partial charge in [0.25, 0.3) is 5.60 Å². The van der Waals surface area contributed by atoms with Gasteiger partial charge in [-0.2, -0.15) is 13.2 Å². The summed E-state index contributed by atoms with van der Waals surface area (Å²) in [5, 5.41) is 0.0650. The first-order valence-electron chi connectivity index (χ1n) is 12.7. The fraction of sp³-hybridized carbons (Fsp3) is 0.500. The first kappa shape index (κ1) is 33.4. The van der Waals surface area contributed by atoms with Crippen molar-refractivity contribution in [3.63, 3.8) is 0 Å². The normalized spacial score (nSPS) is 15.4. The Kier molecular flexibility index (Phi) is 13.3. The maximum absolute atomic E-state index is 14.3. The van der Waals surface area contributed by atoms with Crippen LogP contribution >= 0.6 is 0 Å². The Balaban J connectivity index is 3.15. The van der Waals surface area contributed by atoms with E-state index in [4.69, 9.17) is 13.9 Å². The number of benzene rings is 1. The number of hydrogen-bond acceptors (Lipinski definition) is 4. The molecule has 0 saturated heterocycles. The SMILES string of the molecule is CC/C=C\C/C=C\C[C@@H](C#C/C=C/CO[Si](C)(C)C(C)(C)C)OC(=O)[C@](OC)(c1ccccc1)C(F)(F)F. The molecule has 1 aromatic rings. The van der Waals surface area contributed by atoms with Crippen molar-refractivity contribution in [1.29, 1.82) is 0 Å². The number of carbonyl (C=O) groups is 1. The summed E-state index contributed by atoms with van der Waals surface area (Å²) < 4.78 is 59.0. The Hall–Kier alpha value is -2.60. The van der Waals surface area contributed by atoms with Crippen LogP contribution in [0, 0.1) is 11.8 Å². The number of carbonyl (C=O) groups excluding carboxylic acids is 1. The zero-order chi connectivity index (χ0) is 28.9. The van der Waals surface area contributed by atoms with Gasteiger partial charge >= 0.3 is 12.1 Å². The van der Waals surface area contributed by atoms with E-state index in [1.165, 1.54) is 24.3 Å². The van der Waals surface area contributed by atoms with Gasteiger partial charge in [-0.1, -0.05) is 100 Å². The average molecular weight is 551 g/mol. The molecule has 4 nitrogen and oxygen atoms in total. The summed E-state index contributed by atoms with van der Waals surface area (Å²) in [6, 6.07) is 6.73. The quantitative estimate of drug-likeness (QED) is 0.115. The first-order valence-corrected chi connectivity index (χ1v) is 15.6. The summed E-state index contributed by atoms with van der Waals surface area (Å²) >= 11 is 0. The molecule has 0 aromatic heterocycles. The summed E-state index contributed by atoms with van der Waals surface area (Å²) in [4.78, 5) is 13.1. The van der Waals surface area contributed by atoms with Crippen LogP contribution in [0.4, 0.5) is 13.2 Å². The van der Waals surface area contributed by atoms with Gasteiger partial charge in [-0.15, -0.1) is 0 Å². The molecule has 1 aromatic carbocycles. The lowest BCUT2D eigenvalue weighted by atomic mass is 9.92. The molecule has 0 N–H and O–H groups in total. The number of halogens is 3. The van der Waals surface area contributed by atoms with Crippen LogP contribution in [-0.4, -0.2) is 40.3 Å². The molecule has 0 spiro atoms. The van der Waals surface area contributed by atoms with E-state index < -0.39 is 32.2 Å². The number of alkyl halides is 3. The highest BCUT2D eigenvalue weighted by atomic mass is 28.4. The van der Waals surface area contributed by atoms with E-state index in [9.17, 15) is 18.0 Å². The molecule has 8 heteroatoms. The minimum atomic E-state index is -5.06. The Bertz CT molecular complexity index is 1010. The van der Waals surface area contributed by atoms with Crippen molar-refractivity contribution in [3.8, 4) is 11.8 Å². The summed E-state index contributed by atoms with van der Waals surface area (Å²) in [7, 11) is -1.08. The lowest BCUT2D eigenvalue weighted by Gasteiger charge is -2.35. The van der Waals surface area contributed by atoms with Crippen molar-refractivity contribution in [1.82, 2.24) is 0 Å². The van der Waals surface area contributed by atoms with E-state index >= 15 is 0 Å². The third-order valence-corrected chi connectivity index (χ3v) is 10.9. The Morgan fingerprint density at radius 2 is 1.66 bits per heavy atom. The fourth-order valence-electron chi connectivity index (χ4n) is 3.11. The van der Waals surface area contributed by atoms with Crippen LogP contribution in [-0.2, 0) is 24.3 Å². The molecule has 0 aliphatic heterocycles. The first-order chi connectivity index (χ1) is 17.7. The molecule has 0 amide bonds. The monoisotopic (exact) mass is 550 g/mol. The largest absolute Gasteiger partial charge is 0.446 e. The number of hydrogen-bond donors (Lipinski definition) is 0. The van der Waals surface area contributed by atoms with Gasteiger partial charge in [0.05, 0.1) is 6.61 Å². The molecule has 0 saturated carbocycles. The van der Waals surface area contributed by atoms with Gasteiger partial charge in [0.2, 0.25) is 0 Å². The molecule has 0 fully saturated rings. The molecule has 38 heavy (non-hydrogen) atoms. The highest BCUT2D eigenvalue weighted by molar-refractivity contribution is 6.74. The minimum Gasteiger partial charge on any atom is -0.446 e. The van der Waals surface area contributed by atoms with Gasteiger partial charge in [0, 0.05) is 19.1 Å². The van der Waals surface area contributed by atoms with Crippen LogP contribution in [0.2, 0.25) is 18.1 Å². The predicted octanol–water partition coefficient (Wildman–Crippen LogP) is 7.89. The molecular weight excluding hydrogens is 509 g/mol. The van der Waals surface area contributed by atoms with Crippen LogP contribution in [0.1, 0.15) is 52.5 Å². The average Bonchev–Trinajstić information content (AvgIpc) is 2.83. The zero-order valence-corrected chi connectivity index (χ0v) is 24.5. The third kappa shape index (κ3) is 9.61. The zero-order valence-electron chi connectivity index (χ0n) is 23.5. The molecule has 0 aliphatic carbocycles. The lowest BCUT2D eigenvalue weighted by molar-refractivity contribution is -0.277. The van der Waals surface area contributed by atoms with E-state index in [-0.39, 0.29) is 17.0 Å². The second-order valence-electron chi connectivity index (χ2n) is 10.2. The topological polar surface area (TPSA) is 44.8 Å². The smallest absolute Gasteiger partial charge is 0.432 e. The van der Waals surface area contributed by atoms with E-state index in [1.54, 1.807) is 24.3 Å². The van der Waals surface area contributed by atoms with Crippen molar-refractivity contribution >= 4 is 14.3 Å². The molecule has 0 unspecified atom stereocenters. The van der Waals surface area contributed by atoms with Crippen molar-refractivity contribution in [3.05, 3.63) is 72.4 Å². The van der Waals surface area contributed by atoms with E-state index in [0.717, 1.165) is 13.5 Å². The van der Waals surface area contributed by atoms with Crippen molar-refractivity contribution in [2.24, 2.45) is 0 Å². The number of rotatable bonds is 12. The number of ether oxygens (including phenoxy) is 2. The highest BCUT2D eigenvalue weighted by Gasteiger charge is 2.64. The molecule has 0 aliphatic rings. The minimum absolute atomic E-state index is 0.0650. The number of allylic oxidation sites excluding steroid dienone is 4. The van der Waals surface area contributed by atoms with Crippen LogP contribution in [0.3, 0.4) is 0 Å². The molecule has 0 heterocycles. The number of esters is 1. The van der Waals surface area contributed by atoms with E-state index in [2.05, 4.69) is 45.7 Å². The molecule has 0 bridgehead atoms. The predicted molar refractivity (Wildman–Crippen MR) is 149 cm³/mol. The van der Waals surface area contributed by atoms with Crippen LogP contribution in [0.25, 0.3) is 0 Å². The van der Waals surface area contributed by atoms with Crippen LogP contribution in [0.15, 0.2) is 66.8 Å². The van der Waals surface area contributed by atoms with Crippen molar-refractivity contribution in [2.75, 3.05) is 13.7 Å². The fourth-order valence-corrected chi connectivity index (χ4v) is 4.06. The van der Waals surface area contributed by atoms with Gasteiger partial charge in [0.15, 0.2) is 14.4 Å². The van der Waals surface area contributed by atoms with Gasteiger partial charge in [-0.25, -0.2) is 4.79 Å². The Morgan fingerprint density at radius 1 is 1.03 bits per heavy atom.